The molecule has 0 aromatic heterocycles. The predicted molar refractivity (Wildman–Crippen MR) is 112 cm³/mol. The van der Waals surface area contributed by atoms with Gasteiger partial charge < -0.3 is 10.1 Å². The maximum absolute atomic E-state index is 12.5. The lowest BCUT2D eigenvalue weighted by Gasteiger charge is -2.35. The first-order valence-electron chi connectivity index (χ1n) is 9.75. The minimum Gasteiger partial charge on any atom is -0.373 e. The van der Waals surface area contributed by atoms with Gasteiger partial charge in [0.05, 0.1) is 17.1 Å². The molecule has 2 aromatic rings. The minimum atomic E-state index is -3.27. The van der Waals surface area contributed by atoms with Gasteiger partial charge in [0, 0.05) is 38.0 Å². The van der Waals surface area contributed by atoms with Gasteiger partial charge in [0.15, 0.2) is 9.84 Å². The summed E-state index contributed by atoms with van der Waals surface area (Å²) >= 11 is 0. The molecule has 0 bridgehead atoms. The van der Waals surface area contributed by atoms with E-state index in [1.54, 1.807) is 0 Å². The van der Waals surface area contributed by atoms with Gasteiger partial charge >= 0.3 is 0 Å². The van der Waals surface area contributed by atoms with Gasteiger partial charge in [0.1, 0.15) is 0 Å². The van der Waals surface area contributed by atoms with E-state index in [2.05, 4.69) is 30.1 Å². The number of benzene rings is 2. The zero-order valence-electron chi connectivity index (χ0n) is 17.1. The summed E-state index contributed by atoms with van der Waals surface area (Å²) in [6.45, 7) is 7.18. The van der Waals surface area contributed by atoms with Gasteiger partial charge in [-0.25, -0.2) is 8.42 Å². The Hall–Kier alpha value is -2.22. The Morgan fingerprint density at radius 3 is 2.21 bits per heavy atom. The first-order valence-corrected chi connectivity index (χ1v) is 11.6. The fourth-order valence-electron chi connectivity index (χ4n) is 3.67. The number of sulfone groups is 1. The monoisotopic (exact) mass is 416 g/mol. The third-order valence-electron chi connectivity index (χ3n) is 4.99. The van der Waals surface area contributed by atoms with Crippen LogP contribution in [0.5, 0.6) is 0 Å². The van der Waals surface area contributed by atoms with E-state index in [4.69, 9.17) is 4.74 Å². The predicted octanol–water partition coefficient (Wildman–Crippen LogP) is 2.63. The summed E-state index contributed by atoms with van der Waals surface area (Å²) in [6, 6.07) is 14.1. The van der Waals surface area contributed by atoms with Gasteiger partial charge in [0.2, 0.25) is 0 Å². The molecule has 1 aliphatic rings. The molecular weight excluding hydrogens is 388 g/mol. The van der Waals surface area contributed by atoms with Crippen LogP contribution in [0.25, 0.3) is 0 Å². The number of carbonyl (C=O) groups is 1. The first kappa shape index (κ1) is 21.5. The minimum absolute atomic E-state index is 0.202. The molecule has 1 fully saturated rings. The number of hydrogen-bond donors (Lipinski definition) is 1. The van der Waals surface area contributed by atoms with Crippen molar-refractivity contribution < 1.29 is 17.9 Å². The highest BCUT2D eigenvalue weighted by Gasteiger charge is 2.22. The van der Waals surface area contributed by atoms with Crippen molar-refractivity contribution >= 4 is 15.7 Å². The molecule has 0 saturated carbocycles. The molecule has 156 valence electrons. The van der Waals surface area contributed by atoms with Crippen LogP contribution in [0, 0.1) is 0 Å². The van der Waals surface area contributed by atoms with E-state index < -0.39 is 9.84 Å². The van der Waals surface area contributed by atoms with Crippen LogP contribution >= 0.6 is 0 Å². The zero-order chi connectivity index (χ0) is 21.0. The molecule has 0 unspecified atom stereocenters. The molecule has 29 heavy (non-hydrogen) atoms. The third kappa shape index (κ3) is 5.88. The highest BCUT2D eigenvalue weighted by Crippen LogP contribution is 2.17. The van der Waals surface area contributed by atoms with Crippen molar-refractivity contribution in [1.29, 1.82) is 0 Å². The van der Waals surface area contributed by atoms with Crippen molar-refractivity contribution in [3.8, 4) is 0 Å². The smallest absolute Gasteiger partial charge is 0.251 e. The van der Waals surface area contributed by atoms with E-state index in [0.29, 0.717) is 12.1 Å². The van der Waals surface area contributed by atoms with Gasteiger partial charge in [-0.1, -0.05) is 24.3 Å². The van der Waals surface area contributed by atoms with E-state index in [1.807, 2.05) is 18.2 Å². The summed E-state index contributed by atoms with van der Waals surface area (Å²) in [7, 11) is -3.27. The largest absolute Gasteiger partial charge is 0.373 e. The van der Waals surface area contributed by atoms with Crippen LogP contribution < -0.4 is 5.32 Å². The normalized spacial score (nSPS) is 20.4. The summed E-state index contributed by atoms with van der Waals surface area (Å²) in [6.07, 6.45) is 1.57. The zero-order valence-corrected chi connectivity index (χ0v) is 17.9. The van der Waals surface area contributed by atoms with Gasteiger partial charge in [-0.05, 0) is 49.2 Å². The Labute approximate surface area is 172 Å². The van der Waals surface area contributed by atoms with Gasteiger partial charge in [-0.15, -0.1) is 0 Å². The number of ether oxygens (including phenoxy) is 1. The van der Waals surface area contributed by atoms with E-state index in [9.17, 15) is 13.2 Å². The van der Waals surface area contributed by atoms with Crippen LogP contribution in [0.15, 0.2) is 53.4 Å². The summed E-state index contributed by atoms with van der Waals surface area (Å²) in [4.78, 5) is 15.1. The summed E-state index contributed by atoms with van der Waals surface area (Å²) in [5.41, 5.74) is 2.69. The van der Waals surface area contributed by atoms with E-state index in [1.165, 1.54) is 29.8 Å². The lowest BCUT2D eigenvalue weighted by atomic mass is 10.1. The van der Waals surface area contributed by atoms with Crippen LogP contribution in [0.1, 0.15) is 35.3 Å². The average molecular weight is 417 g/mol. The Morgan fingerprint density at radius 2 is 1.62 bits per heavy atom. The van der Waals surface area contributed by atoms with Crippen molar-refractivity contribution in [3.63, 3.8) is 0 Å². The number of morpholine rings is 1. The molecule has 7 heteroatoms. The average Bonchev–Trinajstić information content (AvgIpc) is 2.65. The van der Waals surface area contributed by atoms with Crippen LogP contribution in [0.4, 0.5) is 0 Å². The molecule has 2 atom stereocenters. The van der Waals surface area contributed by atoms with Crippen molar-refractivity contribution in [2.75, 3.05) is 19.3 Å². The number of carbonyl (C=O) groups excluding carboxylic acids is 1. The molecule has 1 aliphatic heterocycles. The Balaban J connectivity index is 1.64. The lowest BCUT2D eigenvalue weighted by molar-refractivity contribution is -0.0705. The van der Waals surface area contributed by atoms with Crippen molar-refractivity contribution in [3.05, 3.63) is 65.2 Å². The third-order valence-corrected chi connectivity index (χ3v) is 6.12. The maximum Gasteiger partial charge on any atom is 0.251 e. The molecule has 0 radical (unpaired) electrons. The van der Waals surface area contributed by atoms with Crippen LogP contribution in [-0.2, 0) is 27.7 Å². The summed E-state index contributed by atoms with van der Waals surface area (Å²) < 4.78 is 28.9. The number of amides is 1. The molecular formula is C22H28N2O4S. The van der Waals surface area contributed by atoms with Gasteiger partial charge in [0.25, 0.3) is 5.91 Å². The maximum atomic E-state index is 12.5. The molecule has 1 saturated heterocycles. The second-order valence-corrected chi connectivity index (χ2v) is 9.72. The molecule has 1 amide bonds. The molecule has 2 aromatic carbocycles. The number of nitrogens with one attached hydrogen (secondary N) is 1. The molecule has 1 N–H and O–H groups in total. The molecule has 3 rings (SSSR count). The van der Waals surface area contributed by atoms with Crippen LogP contribution in [0.2, 0.25) is 0 Å². The quantitative estimate of drug-likeness (QED) is 0.784. The molecule has 6 nitrogen and oxygen atoms in total. The molecule has 0 spiro atoms. The summed E-state index contributed by atoms with van der Waals surface area (Å²) in [5.74, 6) is -0.228. The highest BCUT2D eigenvalue weighted by atomic mass is 32.2. The highest BCUT2D eigenvalue weighted by molar-refractivity contribution is 7.90. The number of rotatable bonds is 6. The fraction of sp³-hybridized carbons (Fsp3) is 0.409. The fourth-order valence-corrected chi connectivity index (χ4v) is 4.30. The Bertz CT molecular complexity index is 947. The van der Waals surface area contributed by atoms with Crippen molar-refractivity contribution in [2.24, 2.45) is 0 Å². The van der Waals surface area contributed by atoms with E-state index >= 15 is 0 Å². The standard InChI is InChI=1S/C22H28N2O4S/c1-16-13-24(14-17(2)28-16)15-20-7-5-4-6-19(20)12-23-22(25)18-8-10-21(11-9-18)29(3,26)27/h4-11,16-17H,12-15H2,1-3H3,(H,23,25)/t16-,17-/m1/s1. The number of nitrogens with zero attached hydrogens (tertiary/aromatic N) is 1. The number of hydrogen-bond acceptors (Lipinski definition) is 5. The summed E-state index contributed by atoms with van der Waals surface area (Å²) in [5, 5.41) is 2.94. The van der Waals surface area contributed by atoms with E-state index in [-0.39, 0.29) is 23.0 Å². The molecule has 0 aliphatic carbocycles. The van der Waals surface area contributed by atoms with Crippen LogP contribution in [0.3, 0.4) is 0 Å². The topological polar surface area (TPSA) is 75.7 Å². The Morgan fingerprint density at radius 1 is 1.03 bits per heavy atom. The Kier molecular flexibility index (Phi) is 6.72. The molecule has 1 heterocycles. The SMILES string of the molecule is C[C@@H]1CN(Cc2ccccc2CNC(=O)c2ccc(S(C)(=O)=O)cc2)C[C@@H](C)O1. The van der Waals surface area contributed by atoms with Crippen LogP contribution in [-0.4, -0.2) is 50.8 Å². The lowest BCUT2D eigenvalue weighted by Crippen LogP contribution is -2.45. The second kappa shape index (κ2) is 9.07. The van der Waals surface area contributed by atoms with E-state index in [0.717, 1.165) is 31.5 Å². The van der Waals surface area contributed by atoms with Crippen molar-refractivity contribution in [2.45, 2.75) is 44.0 Å². The first-order chi connectivity index (χ1) is 13.7. The van der Waals surface area contributed by atoms with Gasteiger partial charge in [-0.2, -0.15) is 0 Å². The second-order valence-electron chi connectivity index (χ2n) is 7.70. The van der Waals surface area contributed by atoms with Gasteiger partial charge in [-0.3, -0.25) is 9.69 Å². The van der Waals surface area contributed by atoms with Crippen molar-refractivity contribution in [1.82, 2.24) is 10.2 Å².